The molecule has 1 heterocycles. The molecule has 0 unspecified atom stereocenters. The Kier molecular flexibility index (Phi) is 6.51. The predicted octanol–water partition coefficient (Wildman–Crippen LogP) is 0.996. The molecule has 0 radical (unpaired) electrons. The molecule has 1 saturated heterocycles. The Bertz CT molecular complexity index is 989. The molecular formula is C20H25FN3O4S+. The molecule has 29 heavy (non-hydrogen) atoms. The summed E-state index contributed by atoms with van der Waals surface area (Å²) in [5.74, 6) is -1.02. The van der Waals surface area contributed by atoms with E-state index in [1.54, 1.807) is 13.0 Å². The van der Waals surface area contributed by atoms with E-state index < -0.39 is 21.7 Å². The van der Waals surface area contributed by atoms with Gasteiger partial charge in [0.15, 0.2) is 0 Å². The monoisotopic (exact) mass is 422 g/mol. The Morgan fingerprint density at radius 3 is 2.55 bits per heavy atom. The fourth-order valence-corrected chi connectivity index (χ4v) is 4.61. The standard InChI is InChI=1S/C20H24FN3O4S/c1-3-28-19-9-8-15(29(26,27)24-12-10-23(2)11-13-24)14-18(19)22-20(25)16-6-4-5-7-17(16)21/h4-9,14H,3,10-13H2,1-2H3,(H,22,25)/p+1. The smallest absolute Gasteiger partial charge is 0.258 e. The topological polar surface area (TPSA) is 80.2 Å². The normalized spacial score (nSPS) is 15.8. The number of hydrogen-bond acceptors (Lipinski definition) is 4. The van der Waals surface area contributed by atoms with Crippen molar-refractivity contribution in [3.63, 3.8) is 0 Å². The molecule has 1 amide bonds. The van der Waals surface area contributed by atoms with Crippen LogP contribution >= 0.6 is 0 Å². The van der Waals surface area contributed by atoms with E-state index in [0.717, 1.165) is 13.1 Å². The lowest BCUT2D eigenvalue weighted by Crippen LogP contribution is -3.12. The van der Waals surface area contributed by atoms with Crippen molar-refractivity contribution in [1.29, 1.82) is 0 Å². The number of nitrogens with one attached hydrogen (secondary N) is 2. The van der Waals surface area contributed by atoms with Gasteiger partial charge in [-0.1, -0.05) is 12.1 Å². The largest absolute Gasteiger partial charge is 0.492 e. The van der Waals surface area contributed by atoms with E-state index in [4.69, 9.17) is 4.74 Å². The van der Waals surface area contributed by atoms with Gasteiger partial charge in [-0.2, -0.15) is 4.31 Å². The van der Waals surface area contributed by atoms with Gasteiger partial charge < -0.3 is 15.0 Å². The number of benzene rings is 2. The van der Waals surface area contributed by atoms with E-state index in [0.29, 0.717) is 25.4 Å². The molecule has 2 aromatic carbocycles. The second kappa shape index (κ2) is 8.89. The number of quaternary nitrogens is 1. The van der Waals surface area contributed by atoms with Crippen LogP contribution in [0.5, 0.6) is 5.75 Å². The fraction of sp³-hybridized carbons (Fsp3) is 0.350. The minimum atomic E-state index is -3.71. The van der Waals surface area contributed by atoms with Gasteiger partial charge in [0, 0.05) is 0 Å². The summed E-state index contributed by atoms with van der Waals surface area (Å²) in [4.78, 5) is 13.9. The first-order chi connectivity index (χ1) is 13.8. The summed E-state index contributed by atoms with van der Waals surface area (Å²) in [5, 5.41) is 2.58. The molecule has 0 aromatic heterocycles. The number of sulfonamides is 1. The molecule has 156 valence electrons. The minimum absolute atomic E-state index is 0.0596. The van der Waals surface area contributed by atoms with Crippen LogP contribution < -0.4 is 15.0 Å². The molecule has 9 heteroatoms. The van der Waals surface area contributed by atoms with Crippen molar-refractivity contribution in [2.24, 2.45) is 0 Å². The van der Waals surface area contributed by atoms with Crippen LogP contribution in [0.2, 0.25) is 0 Å². The molecular weight excluding hydrogens is 397 g/mol. The maximum atomic E-state index is 13.9. The first-order valence-corrected chi connectivity index (χ1v) is 10.9. The number of carbonyl (C=O) groups excluding carboxylic acids is 1. The molecule has 0 aliphatic carbocycles. The van der Waals surface area contributed by atoms with Gasteiger partial charge in [0.2, 0.25) is 10.0 Å². The lowest BCUT2D eigenvalue weighted by molar-refractivity contribution is -0.883. The Balaban J connectivity index is 1.92. The Hall–Kier alpha value is -2.49. The van der Waals surface area contributed by atoms with Gasteiger partial charge in [0.25, 0.3) is 5.91 Å². The van der Waals surface area contributed by atoms with Crippen LogP contribution in [0.15, 0.2) is 47.4 Å². The van der Waals surface area contributed by atoms with E-state index >= 15 is 0 Å². The van der Waals surface area contributed by atoms with Gasteiger partial charge in [0.05, 0.1) is 56.0 Å². The van der Waals surface area contributed by atoms with Crippen molar-refractivity contribution in [2.75, 3.05) is 45.2 Å². The number of rotatable bonds is 6. The van der Waals surface area contributed by atoms with Crippen molar-refractivity contribution >= 4 is 21.6 Å². The molecule has 3 rings (SSSR count). The molecule has 0 bridgehead atoms. The Morgan fingerprint density at radius 2 is 1.90 bits per heavy atom. The molecule has 1 aliphatic heterocycles. The van der Waals surface area contributed by atoms with Gasteiger partial charge in [-0.05, 0) is 37.3 Å². The van der Waals surface area contributed by atoms with Gasteiger partial charge in [-0.15, -0.1) is 0 Å². The summed E-state index contributed by atoms with van der Waals surface area (Å²) in [7, 11) is -1.68. The van der Waals surface area contributed by atoms with Crippen LogP contribution in [0.4, 0.5) is 10.1 Å². The Labute approximate surface area is 170 Å². The summed E-state index contributed by atoms with van der Waals surface area (Å²) in [6, 6.07) is 9.93. The van der Waals surface area contributed by atoms with Gasteiger partial charge in [-0.3, -0.25) is 4.79 Å². The number of ether oxygens (including phenoxy) is 1. The molecule has 1 fully saturated rings. The van der Waals surface area contributed by atoms with Crippen LogP contribution in [0.25, 0.3) is 0 Å². The fourth-order valence-electron chi connectivity index (χ4n) is 3.14. The van der Waals surface area contributed by atoms with Crippen molar-refractivity contribution in [2.45, 2.75) is 11.8 Å². The number of piperazine rings is 1. The quantitative estimate of drug-likeness (QED) is 0.728. The molecule has 7 nitrogen and oxygen atoms in total. The zero-order valence-corrected chi connectivity index (χ0v) is 17.3. The van der Waals surface area contributed by atoms with Gasteiger partial charge in [-0.25, -0.2) is 12.8 Å². The lowest BCUT2D eigenvalue weighted by Gasteiger charge is -2.29. The molecule has 0 atom stereocenters. The van der Waals surface area contributed by atoms with Gasteiger partial charge in [0.1, 0.15) is 11.6 Å². The number of hydrogen-bond donors (Lipinski definition) is 2. The van der Waals surface area contributed by atoms with Crippen LogP contribution in [-0.4, -0.2) is 58.5 Å². The van der Waals surface area contributed by atoms with Crippen molar-refractivity contribution in [3.8, 4) is 5.75 Å². The zero-order chi connectivity index (χ0) is 21.0. The summed E-state index contributed by atoms with van der Waals surface area (Å²) in [6.45, 7) is 4.42. The summed E-state index contributed by atoms with van der Waals surface area (Å²) in [6.07, 6.45) is 0. The highest BCUT2D eigenvalue weighted by Gasteiger charge is 2.30. The number of carbonyl (C=O) groups is 1. The van der Waals surface area contributed by atoms with Crippen molar-refractivity contribution in [3.05, 3.63) is 53.8 Å². The molecule has 2 aromatic rings. The third-order valence-corrected chi connectivity index (χ3v) is 6.73. The van der Waals surface area contributed by atoms with Crippen LogP contribution in [-0.2, 0) is 10.0 Å². The van der Waals surface area contributed by atoms with E-state index in [1.807, 2.05) is 7.05 Å². The number of likely N-dealkylation sites (N-methyl/N-ethyl adjacent to an activating group) is 1. The average molecular weight is 423 g/mol. The third kappa shape index (κ3) is 4.75. The molecule has 0 spiro atoms. The second-order valence-corrected chi connectivity index (χ2v) is 8.82. The van der Waals surface area contributed by atoms with Crippen LogP contribution in [0.3, 0.4) is 0 Å². The molecule has 2 N–H and O–H groups in total. The summed E-state index contributed by atoms with van der Waals surface area (Å²) < 4.78 is 46.9. The van der Waals surface area contributed by atoms with Crippen LogP contribution in [0.1, 0.15) is 17.3 Å². The minimum Gasteiger partial charge on any atom is -0.492 e. The Morgan fingerprint density at radius 1 is 1.21 bits per heavy atom. The SMILES string of the molecule is CCOc1ccc(S(=O)(=O)N2CC[NH+](C)CC2)cc1NC(=O)c1ccccc1F. The average Bonchev–Trinajstić information content (AvgIpc) is 2.70. The van der Waals surface area contributed by atoms with Gasteiger partial charge >= 0.3 is 0 Å². The van der Waals surface area contributed by atoms with Crippen molar-refractivity contribution < 1.29 is 27.2 Å². The summed E-state index contributed by atoms with van der Waals surface area (Å²) in [5.41, 5.74) is 0.0474. The molecule has 1 aliphatic rings. The van der Waals surface area contributed by atoms with E-state index in [-0.39, 0.29) is 16.1 Å². The lowest BCUT2D eigenvalue weighted by atomic mass is 10.2. The first kappa shape index (κ1) is 21.2. The highest BCUT2D eigenvalue weighted by Crippen LogP contribution is 2.30. The van der Waals surface area contributed by atoms with E-state index in [1.165, 1.54) is 45.6 Å². The number of anilines is 1. The molecule has 0 saturated carbocycles. The number of amides is 1. The first-order valence-electron chi connectivity index (χ1n) is 9.47. The number of halogens is 1. The maximum Gasteiger partial charge on any atom is 0.258 e. The van der Waals surface area contributed by atoms with E-state index in [2.05, 4.69) is 5.32 Å². The second-order valence-electron chi connectivity index (χ2n) is 6.89. The number of nitrogens with zero attached hydrogens (tertiary/aromatic N) is 1. The predicted molar refractivity (Wildman–Crippen MR) is 107 cm³/mol. The third-order valence-electron chi connectivity index (χ3n) is 4.83. The van der Waals surface area contributed by atoms with E-state index in [9.17, 15) is 17.6 Å². The maximum absolute atomic E-state index is 13.9. The zero-order valence-electron chi connectivity index (χ0n) is 16.4. The van der Waals surface area contributed by atoms with Crippen LogP contribution in [0, 0.1) is 5.82 Å². The highest BCUT2D eigenvalue weighted by atomic mass is 32.2. The highest BCUT2D eigenvalue weighted by molar-refractivity contribution is 7.89. The summed E-state index contributed by atoms with van der Waals surface area (Å²) >= 11 is 0. The van der Waals surface area contributed by atoms with Crippen molar-refractivity contribution in [1.82, 2.24) is 4.31 Å².